The van der Waals surface area contributed by atoms with E-state index in [-0.39, 0.29) is 0 Å². The van der Waals surface area contributed by atoms with Gasteiger partial charge in [0, 0.05) is 18.3 Å². The predicted molar refractivity (Wildman–Crippen MR) is 74.9 cm³/mol. The van der Waals surface area contributed by atoms with E-state index in [0.717, 1.165) is 24.1 Å². The van der Waals surface area contributed by atoms with Crippen molar-refractivity contribution in [3.63, 3.8) is 0 Å². The number of rotatable bonds is 4. The third-order valence-electron chi connectivity index (χ3n) is 3.87. The third kappa shape index (κ3) is 2.20. The van der Waals surface area contributed by atoms with Crippen molar-refractivity contribution in [1.82, 2.24) is 14.9 Å². The van der Waals surface area contributed by atoms with Crippen LogP contribution in [-0.2, 0) is 0 Å². The third-order valence-corrected chi connectivity index (χ3v) is 3.87. The van der Waals surface area contributed by atoms with Crippen LogP contribution in [0.1, 0.15) is 19.8 Å². The van der Waals surface area contributed by atoms with Crippen LogP contribution in [-0.4, -0.2) is 40.5 Å². The number of hydrogen-bond donors (Lipinski definition) is 2. The second-order valence-electron chi connectivity index (χ2n) is 4.94. The molecule has 2 N–H and O–H groups in total. The molecule has 0 spiro atoms. The molecule has 4 heteroatoms. The largest absolute Gasteiger partial charge is 0.383 e. The van der Waals surface area contributed by atoms with E-state index >= 15 is 0 Å². The first-order valence-electron chi connectivity index (χ1n) is 6.78. The molecule has 96 valence electrons. The Morgan fingerprint density at radius 3 is 3.33 bits per heavy atom. The lowest BCUT2D eigenvalue weighted by Gasteiger charge is -2.23. The minimum absolute atomic E-state index is 0.687. The molecule has 1 aromatic carbocycles. The molecule has 1 saturated heterocycles. The number of imidazole rings is 1. The minimum atomic E-state index is 0.687. The fraction of sp³-hybridized carbons (Fsp3) is 0.500. The van der Waals surface area contributed by atoms with Crippen LogP contribution in [0, 0.1) is 0 Å². The highest BCUT2D eigenvalue weighted by molar-refractivity contribution is 5.78. The van der Waals surface area contributed by atoms with E-state index in [9.17, 15) is 0 Å². The maximum Gasteiger partial charge on any atom is 0.0931 e. The lowest BCUT2D eigenvalue weighted by molar-refractivity contribution is 0.277. The lowest BCUT2D eigenvalue weighted by Crippen LogP contribution is -2.34. The summed E-state index contributed by atoms with van der Waals surface area (Å²) in [5.41, 5.74) is 3.30. The molecule has 4 nitrogen and oxygen atoms in total. The number of benzene rings is 1. The van der Waals surface area contributed by atoms with E-state index in [2.05, 4.69) is 45.3 Å². The Kier molecular flexibility index (Phi) is 3.19. The molecule has 1 unspecified atom stereocenters. The maximum absolute atomic E-state index is 4.23. The van der Waals surface area contributed by atoms with Gasteiger partial charge >= 0.3 is 0 Å². The minimum Gasteiger partial charge on any atom is -0.383 e. The van der Waals surface area contributed by atoms with Crippen molar-refractivity contribution in [2.45, 2.75) is 25.8 Å². The number of hydrogen-bond acceptors (Lipinski definition) is 3. The van der Waals surface area contributed by atoms with Gasteiger partial charge in [-0.05, 0) is 44.1 Å². The molecule has 18 heavy (non-hydrogen) atoms. The van der Waals surface area contributed by atoms with Crippen LogP contribution in [0.3, 0.4) is 0 Å². The molecular weight excluding hydrogens is 224 g/mol. The van der Waals surface area contributed by atoms with Gasteiger partial charge in [0.1, 0.15) is 0 Å². The zero-order valence-corrected chi connectivity index (χ0v) is 10.8. The molecule has 1 aromatic heterocycles. The fourth-order valence-electron chi connectivity index (χ4n) is 2.82. The summed E-state index contributed by atoms with van der Waals surface area (Å²) in [5.74, 6) is 0. The van der Waals surface area contributed by atoms with Crippen LogP contribution in [0.15, 0.2) is 24.5 Å². The van der Waals surface area contributed by atoms with Crippen LogP contribution < -0.4 is 5.32 Å². The number of fused-ring (bicyclic) bond motifs is 1. The topological polar surface area (TPSA) is 44.0 Å². The summed E-state index contributed by atoms with van der Waals surface area (Å²) in [6.45, 7) is 5.69. The molecule has 3 rings (SSSR count). The number of aromatic nitrogens is 2. The Balaban J connectivity index is 1.65. The van der Waals surface area contributed by atoms with Crippen molar-refractivity contribution in [3.05, 3.63) is 24.5 Å². The molecule has 0 amide bonds. The van der Waals surface area contributed by atoms with Crippen molar-refractivity contribution in [2.75, 3.05) is 25.0 Å². The summed E-state index contributed by atoms with van der Waals surface area (Å²) in [6, 6.07) is 6.98. The molecule has 1 atom stereocenters. The summed E-state index contributed by atoms with van der Waals surface area (Å²) in [4.78, 5) is 9.93. The number of H-pyrrole nitrogens is 1. The molecule has 0 bridgehead atoms. The molecule has 1 aliphatic rings. The molecule has 1 aliphatic heterocycles. The fourth-order valence-corrected chi connectivity index (χ4v) is 2.82. The smallest absolute Gasteiger partial charge is 0.0931 e. The molecule has 0 aliphatic carbocycles. The first-order valence-corrected chi connectivity index (χ1v) is 6.78. The first-order chi connectivity index (χ1) is 8.86. The molecule has 0 saturated carbocycles. The van der Waals surface area contributed by atoms with Crippen LogP contribution in [0.4, 0.5) is 5.69 Å². The highest BCUT2D eigenvalue weighted by Crippen LogP contribution is 2.19. The Hall–Kier alpha value is -1.55. The second kappa shape index (κ2) is 4.98. The predicted octanol–water partition coefficient (Wildman–Crippen LogP) is 2.46. The average molecular weight is 244 g/mol. The monoisotopic (exact) mass is 244 g/mol. The van der Waals surface area contributed by atoms with Gasteiger partial charge in [0.05, 0.1) is 17.4 Å². The van der Waals surface area contributed by atoms with E-state index in [0.29, 0.717) is 6.04 Å². The second-order valence-corrected chi connectivity index (χ2v) is 4.94. The van der Waals surface area contributed by atoms with Gasteiger partial charge in [-0.15, -0.1) is 0 Å². The highest BCUT2D eigenvalue weighted by atomic mass is 15.2. The van der Waals surface area contributed by atoms with E-state index in [1.807, 2.05) is 0 Å². The van der Waals surface area contributed by atoms with E-state index < -0.39 is 0 Å². The van der Waals surface area contributed by atoms with E-state index in [1.54, 1.807) is 6.33 Å². The number of nitrogens with zero attached hydrogens (tertiary/aromatic N) is 2. The van der Waals surface area contributed by atoms with Crippen molar-refractivity contribution in [2.24, 2.45) is 0 Å². The number of nitrogens with one attached hydrogen (secondary N) is 2. The average Bonchev–Trinajstić information content (AvgIpc) is 3.04. The van der Waals surface area contributed by atoms with Crippen LogP contribution in [0.2, 0.25) is 0 Å². The van der Waals surface area contributed by atoms with Gasteiger partial charge in [-0.2, -0.15) is 0 Å². The molecule has 1 fully saturated rings. The van der Waals surface area contributed by atoms with Crippen molar-refractivity contribution in [1.29, 1.82) is 0 Å². The van der Waals surface area contributed by atoms with Crippen molar-refractivity contribution >= 4 is 16.7 Å². The molecule has 0 radical (unpaired) electrons. The Labute approximate surface area is 107 Å². The van der Waals surface area contributed by atoms with Crippen molar-refractivity contribution in [3.8, 4) is 0 Å². The Morgan fingerprint density at radius 1 is 1.50 bits per heavy atom. The van der Waals surface area contributed by atoms with Gasteiger partial charge in [-0.1, -0.05) is 6.92 Å². The summed E-state index contributed by atoms with van der Waals surface area (Å²) < 4.78 is 0. The van der Waals surface area contributed by atoms with Gasteiger partial charge in [-0.3, -0.25) is 4.90 Å². The zero-order chi connectivity index (χ0) is 12.4. The Bertz CT molecular complexity index is 519. The van der Waals surface area contributed by atoms with E-state index in [1.165, 1.54) is 25.1 Å². The molecular formula is C14H20N4. The number of likely N-dealkylation sites (tertiary alicyclic amines) is 1. The van der Waals surface area contributed by atoms with Gasteiger partial charge < -0.3 is 10.3 Å². The van der Waals surface area contributed by atoms with Crippen molar-refractivity contribution < 1.29 is 0 Å². The van der Waals surface area contributed by atoms with Gasteiger partial charge in [0.15, 0.2) is 0 Å². The SMILES string of the molecule is CCN1CCCC1CNc1ccc2nc[nH]c2c1. The maximum atomic E-state index is 4.23. The first kappa shape index (κ1) is 11.5. The number of aromatic amines is 1. The van der Waals surface area contributed by atoms with Gasteiger partial charge in [0.2, 0.25) is 0 Å². The Morgan fingerprint density at radius 2 is 2.44 bits per heavy atom. The normalized spacial score (nSPS) is 20.6. The molecule has 2 heterocycles. The van der Waals surface area contributed by atoms with Crippen LogP contribution >= 0.6 is 0 Å². The summed E-state index contributed by atoms with van der Waals surface area (Å²) in [6.07, 6.45) is 4.39. The lowest BCUT2D eigenvalue weighted by atomic mass is 10.2. The summed E-state index contributed by atoms with van der Waals surface area (Å²) >= 11 is 0. The van der Waals surface area contributed by atoms with Gasteiger partial charge in [0.25, 0.3) is 0 Å². The van der Waals surface area contributed by atoms with Gasteiger partial charge in [-0.25, -0.2) is 4.98 Å². The number of likely N-dealkylation sites (N-methyl/N-ethyl adjacent to an activating group) is 1. The van der Waals surface area contributed by atoms with Crippen LogP contribution in [0.25, 0.3) is 11.0 Å². The summed E-state index contributed by atoms with van der Waals surface area (Å²) in [7, 11) is 0. The molecule has 2 aromatic rings. The number of anilines is 1. The standard InChI is InChI=1S/C14H20N4/c1-2-18-7-3-4-12(18)9-15-11-5-6-13-14(8-11)17-10-16-13/h5-6,8,10,12,15H,2-4,7,9H2,1H3,(H,16,17). The van der Waals surface area contributed by atoms with E-state index in [4.69, 9.17) is 0 Å². The zero-order valence-electron chi connectivity index (χ0n) is 10.8. The van der Waals surface area contributed by atoms with Crippen LogP contribution in [0.5, 0.6) is 0 Å². The quantitative estimate of drug-likeness (QED) is 0.868. The summed E-state index contributed by atoms with van der Waals surface area (Å²) in [5, 5.41) is 3.54. The highest BCUT2D eigenvalue weighted by Gasteiger charge is 2.22.